The Hall–Kier alpha value is -1.06. The normalized spacial score (nSPS) is 55.0. The molecule has 6 aliphatic rings. The molecule has 31 heavy (non-hydrogen) atoms. The predicted molar refractivity (Wildman–Crippen MR) is 106 cm³/mol. The van der Waals surface area contributed by atoms with Crippen molar-refractivity contribution in [3.8, 4) is 0 Å². The summed E-state index contributed by atoms with van der Waals surface area (Å²) in [5, 5.41) is 35.0. The molecule has 3 N–H and O–H groups in total. The van der Waals surface area contributed by atoms with Crippen LogP contribution in [0.15, 0.2) is 0 Å². The van der Waals surface area contributed by atoms with Gasteiger partial charge in [-0.3, -0.25) is 9.59 Å². The number of ether oxygens (including phenoxy) is 3. The van der Waals surface area contributed by atoms with Crippen molar-refractivity contribution in [1.29, 1.82) is 0 Å². The van der Waals surface area contributed by atoms with E-state index in [0.29, 0.717) is 19.3 Å². The van der Waals surface area contributed by atoms with E-state index < -0.39 is 58.0 Å². The zero-order valence-electron chi connectivity index (χ0n) is 18.5. The zero-order valence-corrected chi connectivity index (χ0v) is 18.5. The number of methoxy groups -OCH3 is 1. The summed E-state index contributed by atoms with van der Waals surface area (Å²) in [6.45, 7) is 3.87. The minimum atomic E-state index is -2.07. The summed E-state index contributed by atoms with van der Waals surface area (Å²) in [5.41, 5.74) is -2.60. The number of Topliss-reactive ketones (excluding diaryl/α,β-unsaturated/α-hetero) is 1. The molecule has 8 heteroatoms. The number of ketones is 1. The molecule has 8 nitrogen and oxygen atoms in total. The van der Waals surface area contributed by atoms with Crippen LogP contribution >= 0.6 is 0 Å². The minimum absolute atomic E-state index is 0.108. The van der Waals surface area contributed by atoms with Crippen molar-refractivity contribution in [3.63, 3.8) is 0 Å². The molecule has 4 bridgehead atoms. The standard InChI is InChI=1S/C23H34O8/c1-12(24)30-10-20(2)5-4-6-21-11-31-23(28,19(27)17(20)21)22-8-13(7-15(25)16(21)22)14(9-29-3)18(22)26/h13-17,19,25,27-28H,4-11H2,1-3H3/t13-,14-,15-,16+,17-,19+,20+,21-,22-,23-/m1/s1. The lowest BCUT2D eigenvalue weighted by molar-refractivity contribution is -0.446. The first-order chi connectivity index (χ1) is 14.6. The van der Waals surface area contributed by atoms with Gasteiger partial charge in [0.2, 0.25) is 5.79 Å². The molecule has 0 aromatic rings. The summed E-state index contributed by atoms with van der Waals surface area (Å²) in [6.07, 6.45) is 1.01. The highest BCUT2D eigenvalue weighted by Gasteiger charge is 2.85. The van der Waals surface area contributed by atoms with E-state index in [1.165, 1.54) is 6.92 Å². The van der Waals surface area contributed by atoms with E-state index in [-0.39, 0.29) is 31.5 Å². The van der Waals surface area contributed by atoms with Crippen LogP contribution in [0.4, 0.5) is 0 Å². The third-order valence-electron chi connectivity index (χ3n) is 9.64. The maximum atomic E-state index is 13.9. The maximum absolute atomic E-state index is 13.9. The first-order valence-corrected chi connectivity index (χ1v) is 11.5. The molecular formula is C23H34O8. The number of hydrogen-bond donors (Lipinski definition) is 3. The summed E-state index contributed by atoms with van der Waals surface area (Å²) >= 11 is 0. The van der Waals surface area contributed by atoms with E-state index >= 15 is 0 Å². The van der Waals surface area contributed by atoms with Gasteiger partial charge in [-0.2, -0.15) is 0 Å². The molecule has 4 saturated carbocycles. The Morgan fingerprint density at radius 2 is 2.00 bits per heavy atom. The van der Waals surface area contributed by atoms with E-state index in [4.69, 9.17) is 14.2 Å². The number of fused-ring (bicyclic) bond motifs is 2. The Bertz CT molecular complexity index is 800. The molecule has 2 spiro atoms. The lowest BCUT2D eigenvalue weighted by atomic mass is 9.36. The van der Waals surface area contributed by atoms with Crippen molar-refractivity contribution in [2.24, 2.45) is 39.9 Å². The summed E-state index contributed by atoms with van der Waals surface area (Å²) in [5.74, 6) is -4.10. The Labute approximate surface area is 182 Å². The molecule has 0 amide bonds. The van der Waals surface area contributed by atoms with E-state index in [1.807, 2.05) is 6.92 Å². The van der Waals surface area contributed by atoms with Gasteiger partial charge in [-0.1, -0.05) is 13.3 Å². The molecule has 10 atom stereocenters. The quantitative estimate of drug-likeness (QED) is 0.547. The third kappa shape index (κ3) is 2.43. The monoisotopic (exact) mass is 438 g/mol. The van der Waals surface area contributed by atoms with Crippen LogP contribution in [0.2, 0.25) is 0 Å². The van der Waals surface area contributed by atoms with Crippen molar-refractivity contribution in [2.75, 3.05) is 26.9 Å². The van der Waals surface area contributed by atoms with Crippen molar-refractivity contribution < 1.29 is 39.1 Å². The van der Waals surface area contributed by atoms with Crippen LogP contribution in [0, 0.1) is 39.9 Å². The molecule has 4 aliphatic carbocycles. The average molecular weight is 439 g/mol. The lowest BCUT2D eigenvalue weighted by Gasteiger charge is -2.74. The molecule has 0 aromatic carbocycles. The molecule has 0 radical (unpaired) electrons. The number of esters is 1. The second-order valence-corrected chi connectivity index (χ2v) is 11.1. The van der Waals surface area contributed by atoms with Crippen LogP contribution in [0.3, 0.4) is 0 Å². The summed E-state index contributed by atoms with van der Waals surface area (Å²) < 4.78 is 16.7. The summed E-state index contributed by atoms with van der Waals surface area (Å²) in [6, 6.07) is 0. The molecule has 6 fully saturated rings. The minimum Gasteiger partial charge on any atom is -0.465 e. The first-order valence-electron chi connectivity index (χ1n) is 11.5. The fourth-order valence-electron chi connectivity index (χ4n) is 8.81. The Morgan fingerprint density at radius 1 is 1.26 bits per heavy atom. The second-order valence-electron chi connectivity index (χ2n) is 11.1. The molecule has 6 rings (SSSR count). The van der Waals surface area contributed by atoms with Gasteiger partial charge in [0.15, 0.2) is 5.78 Å². The molecule has 0 aromatic heterocycles. The largest absolute Gasteiger partial charge is 0.465 e. The molecule has 2 heterocycles. The predicted octanol–water partition coefficient (Wildman–Crippen LogP) is 0.654. The highest BCUT2D eigenvalue weighted by molar-refractivity contribution is 5.92. The van der Waals surface area contributed by atoms with Gasteiger partial charge in [-0.15, -0.1) is 0 Å². The van der Waals surface area contributed by atoms with Gasteiger partial charge in [0.1, 0.15) is 6.10 Å². The van der Waals surface area contributed by atoms with Crippen LogP contribution in [0.5, 0.6) is 0 Å². The highest BCUT2D eigenvalue weighted by Crippen LogP contribution is 2.76. The van der Waals surface area contributed by atoms with E-state index in [9.17, 15) is 24.9 Å². The average Bonchev–Trinajstić information content (AvgIpc) is 2.91. The second kappa shape index (κ2) is 6.73. The van der Waals surface area contributed by atoms with Crippen LogP contribution < -0.4 is 0 Å². The number of hydrogen-bond acceptors (Lipinski definition) is 8. The smallest absolute Gasteiger partial charge is 0.302 e. The fourth-order valence-corrected chi connectivity index (χ4v) is 8.81. The first kappa shape index (κ1) is 21.8. The van der Waals surface area contributed by atoms with Gasteiger partial charge in [0, 0.05) is 42.6 Å². The number of aliphatic hydroxyl groups excluding tert-OH is 2. The summed E-state index contributed by atoms with van der Waals surface area (Å²) in [7, 11) is 1.55. The Kier molecular flexibility index (Phi) is 4.73. The van der Waals surface area contributed by atoms with Gasteiger partial charge in [0.05, 0.1) is 31.3 Å². The number of rotatable bonds is 4. The van der Waals surface area contributed by atoms with E-state index in [2.05, 4.69) is 0 Å². The lowest BCUT2D eigenvalue weighted by Crippen LogP contribution is -2.83. The van der Waals surface area contributed by atoms with Gasteiger partial charge in [-0.25, -0.2) is 0 Å². The van der Waals surface area contributed by atoms with Crippen LogP contribution in [0.25, 0.3) is 0 Å². The Morgan fingerprint density at radius 3 is 2.68 bits per heavy atom. The van der Waals surface area contributed by atoms with Crippen LogP contribution in [0.1, 0.15) is 46.0 Å². The molecule has 0 unspecified atom stereocenters. The van der Waals surface area contributed by atoms with Gasteiger partial charge in [0.25, 0.3) is 0 Å². The number of aliphatic hydroxyl groups is 3. The maximum Gasteiger partial charge on any atom is 0.302 e. The van der Waals surface area contributed by atoms with Gasteiger partial charge < -0.3 is 29.5 Å². The van der Waals surface area contributed by atoms with Crippen LogP contribution in [-0.2, 0) is 23.8 Å². The zero-order chi connectivity index (χ0) is 22.4. The van der Waals surface area contributed by atoms with Crippen molar-refractivity contribution in [3.05, 3.63) is 0 Å². The molecule has 2 aliphatic heterocycles. The Balaban J connectivity index is 1.65. The summed E-state index contributed by atoms with van der Waals surface area (Å²) in [4.78, 5) is 25.4. The highest BCUT2D eigenvalue weighted by atomic mass is 16.6. The molecule has 2 saturated heterocycles. The molecular weight excluding hydrogens is 404 g/mol. The SMILES string of the molecule is COC[C@H]1C(=O)[C@@]23C[C@H]1C[C@@H](O)[C@H]2[C@]12CCC[C@@](C)(COC(C)=O)[C@H]1[C@H](O)[C@@]3(O)OC2. The third-order valence-corrected chi connectivity index (χ3v) is 9.64. The fraction of sp³-hybridized carbons (Fsp3) is 0.913. The topological polar surface area (TPSA) is 123 Å². The van der Waals surface area contributed by atoms with E-state index in [0.717, 1.165) is 12.8 Å². The van der Waals surface area contributed by atoms with E-state index in [1.54, 1.807) is 7.11 Å². The van der Waals surface area contributed by atoms with Crippen molar-refractivity contribution >= 4 is 11.8 Å². The molecule has 174 valence electrons. The number of carbonyl (C=O) groups excluding carboxylic acids is 2. The van der Waals surface area contributed by atoms with Crippen molar-refractivity contribution in [2.45, 2.75) is 63.9 Å². The number of carbonyl (C=O) groups is 2. The van der Waals surface area contributed by atoms with Gasteiger partial charge in [-0.05, 0) is 31.6 Å². The van der Waals surface area contributed by atoms with Crippen molar-refractivity contribution in [1.82, 2.24) is 0 Å². The van der Waals surface area contributed by atoms with Gasteiger partial charge >= 0.3 is 5.97 Å². The van der Waals surface area contributed by atoms with Crippen LogP contribution in [-0.4, -0.2) is 72.0 Å².